The van der Waals surface area contributed by atoms with Crippen molar-refractivity contribution in [2.24, 2.45) is 5.92 Å². The zero-order valence-electron chi connectivity index (χ0n) is 9.95. The maximum atomic E-state index is 12.3. The summed E-state index contributed by atoms with van der Waals surface area (Å²) in [6.07, 6.45) is 2.25. The van der Waals surface area contributed by atoms with E-state index in [2.05, 4.69) is 6.92 Å². The van der Waals surface area contributed by atoms with Crippen molar-refractivity contribution >= 4 is 23.2 Å². The number of rotatable bonds is 1. The van der Waals surface area contributed by atoms with Crippen LogP contribution in [0, 0.1) is 5.92 Å². The van der Waals surface area contributed by atoms with Crippen LogP contribution in [0.25, 0.3) is 0 Å². The molecule has 0 radical (unpaired) electrons. The third kappa shape index (κ3) is 2.72. The molecule has 0 bridgehead atoms. The molecule has 2 N–H and O–H groups in total. The SMILES string of the molecule is CC1CCCN(C(=O)c2cc(N)ccc2Cl)C1. The molecule has 0 aromatic heterocycles. The van der Waals surface area contributed by atoms with Gasteiger partial charge in [-0.1, -0.05) is 18.5 Å². The molecule has 4 heteroatoms. The van der Waals surface area contributed by atoms with Gasteiger partial charge >= 0.3 is 0 Å². The van der Waals surface area contributed by atoms with E-state index in [9.17, 15) is 4.79 Å². The van der Waals surface area contributed by atoms with Gasteiger partial charge in [0.15, 0.2) is 0 Å². The molecule has 17 heavy (non-hydrogen) atoms. The van der Waals surface area contributed by atoms with Crippen molar-refractivity contribution in [1.29, 1.82) is 0 Å². The molecule has 1 aliphatic rings. The molecule has 92 valence electrons. The number of carbonyl (C=O) groups is 1. The molecule has 1 saturated heterocycles. The molecule has 0 aliphatic carbocycles. The van der Waals surface area contributed by atoms with Gasteiger partial charge < -0.3 is 10.6 Å². The Morgan fingerprint density at radius 2 is 2.29 bits per heavy atom. The Morgan fingerprint density at radius 3 is 3.00 bits per heavy atom. The number of nitrogens with zero attached hydrogens (tertiary/aromatic N) is 1. The van der Waals surface area contributed by atoms with Crippen molar-refractivity contribution in [2.45, 2.75) is 19.8 Å². The number of anilines is 1. The molecule has 1 aromatic carbocycles. The summed E-state index contributed by atoms with van der Waals surface area (Å²) < 4.78 is 0. The molecule has 2 rings (SSSR count). The van der Waals surface area contributed by atoms with Gasteiger partial charge in [-0.15, -0.1) is 0 Å². The highest BCUT2D eigenvalue weighted by Gasteiger charge is 2.23. The number of carbonyl (C=O) groups excluding carboxylic acids is 1. The van der Waals surface area contributed by atoms with Crippen LogP contribution in [0.4, 0.5) is 5.69 Å². The zero-order valence-corrected chi connectivity index (χ0v) is 10.7. The van der Waals surface area contributed by atoms with Gasteiger partial charge in [0.2, 0.25) is 0 Å². The summed E-state index contributed by atoms with van der Waals surface area (Å²) in [7, 11) is 0. The molecule has 1 unspecified atom stereocenters. The van der Waals surface area contributed by atoms with Gasteiger partial charge in [-0.25, -0.2) is 0 Å². The van der Waals surface area contributed by atoms with Crippen LogP contribution in [-0.2, 0) is 0 Å². The number of nitrogens with two attached hydrogens (primary N) is 1. The molecule has 1 fully saturated rings. The topological polar surface area (TPSA) is 46.3 Å². The van der Waals surface area contributed by atoms with Crippen molar-refractivity contribution in [3.05, 3.63) is 28.8 Å². The number of hydrogen-bond acceptors (Lipinski definition) is 2. The second-order valence-electron chi connectivity index (χ2n) is 4.74. The molecule has 1 amide bonds. The van der Waals surface area contributed by atoms with E-state index in [0.29, 0.717) is 22.2 Å². The molecule has 0 spiro atoms. The molecule has 1 aromatic rings. The lowest BCUT2D eigenvalue weighted by molar-refractivity contribution is 0.0683. The van der Waals surface area contributed by atoms with Crippen molar-refractivity contribution in [3.8, 4) is 0 Å². The molecule has 1 atom stereocenters. The molecular weight excluding hydrogens is 236 g/mol. The highest BCUT2D eigenvalue weighted by atomic mass is 35.5. The Labute approximate surface area is 107 Å². The fourth-order valence-corrected chi connectivity index (χ4v) is 2.45. The van der Waals surface area contributed by atoms with Crippen LogP contribution in [-0.4, -0.2) is 23.9 Å². The van der Waals surface area contributed by atoms with E-state index in [1.54, 1.807) is 18.2 Å². The third-order valence-corrected chi connectivity index (χ3v) is 3.49. The smallest absolute Gasteiger partial charge is 0.255 e. The number of hydrogen-bond donors (Lipinski definition) is 1. The van der Waals surface area contributed by atoms with Crippen LogP contribution in [0.15, 0.2) is 18.2 Å². The van der Waals surface area contributed by atoms with Crippen LogP contribution in [0.2, 0.25) is 5.02 Å². The zero-order chi connectivity index (χ0) is 12.4. The first kappa shape index (κ1) is 12.2. The van der Waals surface area contributed by atoms with E-state index in [0.717, 1.165) is 19.5 Å². The number of likely N-dealkylation sites (tertiary alicyclic amines) is 1. The lowest BCUT2D eigenvalue weighted by atomic mass is 9.99. The van der Waals surface area contributed by atoms with E-state index in [-0.39, 0.29) is 5.91 Å². The van der Waals surface area contributed by atoms with Gasteiger partial charge in [0.05, 0.1) is 10.6 Å². The standard InChI is InChI=1S/C13H17ClN2O/c1-9-3-2-6-16(8-9)13(17)11-7-10(15)4-5-12(11)14/h4-5,7,9H,2-3,6,8,15H2,1H3. The van der Waals surface area contributed by atoms with Gasteiger partial charge in [-0.3, -0.25) is 4.79 Å². The van der Waals surface area contributed by atoms with Crippen molar-refractivity contribution in [2.75, 3.05) is 18.8 Å². The first-order valence-electron chi connectivity index (χ1n) is 5.92. The van der Waals surface area contributed by atoms with Crippen LogP contribution >= 0.6 is 11.6 Å². The molecular formula is C13H17ClN2O. The van der Waals surface area contributed by atoms with Crippen LogP contribution in [0.5, 0.6) is 0 Å². The third-order valence-electron chi connectivity index (χ3n) is 3.17. The number of nitrogen functional groups attached to an aromatic ring is 1. The van der Waals surface area contributed by atoms with Gasteiger partial charge in [0.1, 0.15) is 0 Å². The Kier molecular flexibility index (Phi) is 3.57. The van der Waals surface area contributed by atoms with E-state index < -0.39 is 0 Å². The summed E-state index contributed by atoms with van der Waals surface area (Å²) in [5.41, 5.74) is 6.78. The maximum Gasteiger partial charge on any atom is 0.255 e. The lowest BCUT2D eigenvalue weighted by Crippen LogP contribution is -2.39. The van der Waals surface area contributed by atoms with Crippen LogP contribution in [0.3, 0.4) is 0 Å². The first-order valence-corrected chi connectivity index (χ1v) is 6.30. The van der Waals surface area contributed by atoms with E-state index in [1.165, 1.54) is 6.42 Å². The minimum absolute atomic E-state index is 0.00569. The fraction of sp³-hybridized carbons (Fsp3) is 0.462. The summed E-state index contributed by atoms with van der Waals surface area (Å²) in [5, 5.41) is 0.474. The summed E-state index contributed by atoms with van der Waals surface area (Å²) in [4.78, 5) is 14.2. The number of halogens is 1. The van der Waals surface area contributed by atoms with Crippen LogP contribution in [0.1, 0.15) is 30.1 Å². The van der Waals surface area contributed by atoms with E-state index in [4.69, 9.17) is 17.3 Å². The number of piperidine rings is 1. The van der Waals surface area contributed by atoms with Crippen molar-refractivity contribution in [1.82, 2.24) is 4.90 Å². The molecule has 3 nitrogen and oxygen atoms in total. The van der Waals surface area contributed by atoms with Gasteiger partial charge in [-0.2, -0.15) is 0 Å². The fourth-order valence-electron chi connectivity index (χ4n) is 2.25. The average Bonchev–Trinajstić information content (AvgIpc) is 2.31. The molecule has 0 saturated carbocycles. The largest absolute Gasteiger partial charge is 0.399 e. The highest BCUT2D eigenvalue weighted by Crippen LogP contribution is 2.23. The van der Waals surface area contributed by atoms with Crippen molar-refractivity contribution < 1.29 is 4.79 Å². The lowest BCUT2D eigenvalue weighted by Gasteiger charge is -2.31. The Morgan fingerprint density at radius 1 is 1.53 bits per heavy atom. The predicted octanol–water partition coefficient (Wildman–Crippen LogP) is 2.79. The maximum absolute atomic E-state index is 12.3. The predicted molar refractivity (Wildman–Crippen MR) is 70.2 cm³/mol. The quantitative estimate of drug-likeness (QED) is 0.782. The first-order chi connectivity index (χ1) is 8.08. The van der Waals surface area contributed by atoms with Gasteiger partial charge in [0, 0.05) is 18.8 Å². The average molecular weight is 253 g/mol. The Balaban J connectivity index is 2.21. The Bertz CT molecular complexity index is 433. The highest BCUT2D eigenvalue weighted by molar-refractivity contribution is 6.34. The van der Waals surface area contributed by atoms with Crippen molar-refractivity contribution in [3.63, 3.8) is 0 Å². The van der Waals surface area contributed by atoms with Gasteiger partial charge in [0.25, 0.3) is 5.91 Å². The number of benzene rings is 1. The summed E-state index contributed by atoms with van der Waals surface area (Å²) in [6, 6.07) is 5.04. The second-order valence-corrected chi connectivity index (χ2v) is 5.15. The Hall–Kier alpha value is -1.22. The molecule has 1 aliphatic heterocycles. The number of amides is 1. The van der Waals surface area contributed by atoms with Crippen LogP contribution < -0.4 is 5.73 Å². The minimum atomic E-state index is -0.00569. The second kappa shape index (κ2) is 4.96. The van der Waals surface area contributed by atoms with E-state index in [1.807, 2.05) is 4.90 Å². The minimum Gasteiger partial charge on any atom is -0.399 e. The normalized spacial score (nSPS) is 20.4. The summed E-state index contributed by atoms with van der Waals surface area (Å²) in [5.74, 6) is 0.557. The molecule has 1 heterocycles. The van der Waals surface area contributed by atoms with E-state index >= 15 is 0 Å². The summed E-state index contributed by atoms with van der Waals surface area (Å²) >= 11 is 6.04. The van der Waals surface area contributed by atoms with Gasteiger partial charge in [-0.05, 0) is 37.0 Å². The monoisotopic (exact) mass is 252 g/mol. The summed E-state index contributed by atoms with van der Waals surface area (Å²) in [6.45, 7) is 3.79.